The molecule has 4 heterocycles. The average Bonchev–Trinajstić information content (AvgIpc) is 3.34. The van der Waals surface area contributed by atoms with Gasteiger partial charge in [-0.25, -0.2) is 6.57 Å². The molecule has 0 bridgehead atoms. The van der Waals surface area contributed by atoms with E-state index in [9.17, 15) is 4.79 Å². The second kappa shape index (κ2) is 12.0. The van der Waals surface area contributed by atoms with E-state index in [1.807, 2.05) is 0 Å². The molecule has 42 heavy (non-hydrogen) atoms. The van der Waals surface area contributed by atoms with Crippen molar-refractivity contribution in [2.24, 2.45) is 5.92 Å². The number of likely N-dealkylation sites (tertiary alicyclic amines) is 1. The summed E-state index contributed by atoms with van der Waals surface area (Å²) in [6, 6.07) is 15.5. The first-order valence-electron chi connectivity index (χ1n) is 14.9. The number of hydrogen-bond donors (Lipinski definition) is 0. The number of hydrogen-bond acceptors (Lipinski definition) is 7. The Morgan fingerprint density at radius 2 is 1.95 bits per heavy atom. The maximum atomic E-state index is 12.5. The van der Waals surface area contributed by atoms with Crippen LogP contribution < -0.4 is 14.5 Å². The van der Waals surface area contributed by atoms with E-state index in [0.717, 1.165) is 43.0 Å². The van der Waals surface area contributed by atoms with Crippen molar-refractivity contribution in [1.82, 2.24) is 19.8 Å². The van der Waals surface area contributed by atoms with E-state index in [4.69, 9.17) is 21.3 Å². The Labute approximate surface area is 248 Å². The van der Waals surface area contributed by atoms with Crippen LogP contribution in [0.25, 0.3) is 15.6 Å². The highest BCUT2D eigenvalue weighted by molar-refractivity contribution is 5.94. The first-order chi connectivity index (χ1) is 20.5. The second-order valence-electron chi connectivity index (χ2n) is 11.7. The standard InChI is InChI=1S/C33H39N7O2/c1-5-31(41)40-18-17-39(20-25(40)19-34-3)32-27-14-16-38(29-12-8-10-24-9-6-7-11-26(24)29)21-28(27)35-33(36-32)42-22-30-23(2)13-15-37(30)4/h5-12,23,25,30H,1,13-22H2,2,4H3/t23-,25+,30-/m1/s1. The van der Waals surface area contributed by atoms with Gasteiger partial charge in [-0.15, -0.1) is 0 Å². The number of piperazine rings is 1. The van der Waals surface area contributed by atoms with Crippen LogP contribution in [0.1, 0.15) is 24.6 Å². The van der Waals surface area contributed by atoms with Crippen LogP contribution in [0.4, 0.5) is 11.5 Å². The molecule has 0 saturated carbocycles. The first-order valence-corrected chi connectivity index (χ1v) is 14.9. The highest BCUT2D eigenvalue weighted by Gasteiger charge is 2.35. The topological polar surface area (TPSA) is 69.4 Å². The molecule has 3 aromatic rings. The zero-order valence-corrected chi connectivity index (χ0v) is 24.6. The Kier molecular flexibility index (Phi) is 7.98. The summed E-state index contributed by atoms with van der Waals surface area (Å²) in [5.74, 6) is 1.30. The molecule has 2 aromatic carbocycles. The Morgan fingerprint density at radius 3 is 2.74 bits per heavy atom. The molecule has 0 unspecified atom stereocenters. The molecule has 2 saturated heterocycles. The Bertz CT molecular complexity index is 1500. The van der Waals surface area contributed by atoms with Crippen LogP contribution in [0.3, 0.4) is 0 Å². The fourth-order valence-corrected chi connectivity index (χ4v) is 6.77. The molecule has 9 nitrogen and oxygen atoms in total. The number of carbonyl (C=O) groups is 1. The molecular weight excluding hydrogens is 526 g/mol. The van der Waals surface area contributed by atoms with Gasteiger partial charge in [0.15, 0.2) is 0 Å². The normalized spacial score (nSPS) is 22.6. The van der Waals surface area contributed by atoms with Crippen molar-refractivity contribution in [2.75, 3.05) is 62.7 Å². The molecule has 1 aromatic heterocycles. The molecule has 0 aliphatic carbocycles. The van der Waals surface area contributed by atoms with Crippen molar-refractivity contribution < 1.29 is 9.53 Å². The summed E-state index contributed by atoms with van der Waals surface area (Å²) in [6.45, 7) is 18.5. The minimum Gasteiger partial charge on any atom is -0.462 e. The fourth-order valence-electron chi connectivity index (χ4n) is 6.77. The minimum absolute atomic E-state index is 0.127. The number of fused-ring (bicyclic) bond motifs is 2. The summed E-state index contributed by atoms with van der Waals surface area (Å²) in [4.78, 5) is 35.0. The van der Waals surface area contributed by atoms with Crippen LogP contribution in [-0.4, -0.2) is 90.7 Å². The lowest BCUT2D eigenvalue weighted by molar-refractivity contribution is -0.128. The van der Waals surface area contributed by atoms with Crippen LogP contribution >= 0.6 is 0 Å². The third-order valence-corrected chi connectivity index (χ3v) is 9.22. The van der Waals surface area contributed by atoms with Crippen LogP contribution in [0.15, 0.2) is 55.1 Å². The van der Waals surface area contributed by atoms with Crippen LogP contribution in [-0.2, 0) is 17.8 Å². The quantitative estimate of drug-likeness (QED) is 0.317. The van der Waals surface area contributed by atoms with Gasteiger partial charge in [-0.3, -0.25) is 9.69 Å². The third kappa shape index (κ3) is 5.39. The maximum absolute atomic E-state index is 12.5. The molecule has 0 radical (unpaired) electrons. The van der Waals surface area contributed by atoms with Gasteiger partial charge in [0.25, 0.3) is 0 Å². The number of likely N-dealkylation sites (N-methyl/N-ethyl adjacent to an activating group) is 1. The number of amides is 1. The number of rotatable bonds is 7. The molecule has 0 N–H and O–H groups in total. The van der Waals surface area contributed by atoms with Gasteiger partial charge in [0.1, 0.15) is 18.5 Å². The number of anilines is 2. The van der Waals surface area contributed by atoms with Crippen LogP contribution in [0.2, 0.25) is 0 Å². The molecule has 1 amide bonds. The molecular formula is C33H39N7O2. The van der Waals surface area contributed by atoms with Crippen molar-refractivity contribution in [3.63, 3.8) is 0 Å². The van der Waals surface area contributed by atoms with Gasteiger partial charge in [0.2, 0.25) is 12.5 Å². The molecule has 2 fully saturated rings. The summed E-state index contributed by atoms with van der Waals surface area (Å²) >= 11 is 0. The lowest BCUT2D eigenvalue weighted by Gasteiger charge is -2.41. The Morgan fingerprint density at radius 1 is 1.12 bits per heavy atom. The SMILES string of the molecule is [C-]#[N+]C[C@H]1CN(c2nc(OC[C@@H]3[C@H](C)CCN3C)nc3c2CCN(c2cccc4ccccc24)C3)CCN1C(=O)C=C. The van der Waals surface area contributed by atoms with Gasteiger partial charge < -0.3 is 24.3 Å². The molecule has 0 spiro atoms. The van der Waals surface area contributed by atoms with E-state index in [1.54, 1.807) is 4.90 Å². The van der Waals surface area contributed by atoms with Crippen molar-refractivity contribution in [3.8, 4) is 6.01 Å². The Balaban J connectivity index is 1.33. The van der Waals surface area contributed by atoms with Gasteiger partial charge in [0.05, 0.1) is 12.2 Å². The lowest BCUT2D eigenvalue weighted by Crippen LogP contribution is -2.56. The van der Waals surface area contributed by atoms with Gasteiger partial charge in [0, 0.05) is 48.9 Å². The number of ether oxygens (including phenoxy) is 1. The van der Waals surface area contributed by atoms with Gasteiger partial charge in [-0.05, 0) is 49.9 Å². The Hall–Kier alpha value is -4.16. The van der Waals surface area contributed by atoms with E-state index in [1.165, 1.54) is 22.5 Å². The van der Waals surface area contributed by atoms with Crippen molar-refractivity contribution >= 4 is 28.2 Å². The van der Waals surface area contributed by atoms with E-state index in [2.05, 4.69) is 82.6 Å². The first kappa shape index (κ1) is 28.0. The molecule has 3 aliphatic rings. The lowest BCUT2D eigenvalue weighted by atomic mass is 10.0. The summed E-state index contributed by atoms with van der Waals surface area (Å²) in [5, 5.41) is 2.46. The maximum Gasteiger partial charge on any atom is 0.318 e. The fraction of sp³-hybridized carbons (Fsp3) is 0.455. The van der Waals surface area contributed by atoms with Gasteiger partial charge >= 0.3 is 6.01 Å². The molecule has 6 rings (SSSR count). The zero-order valence-electron chi connectivity index (χ0n) is 24.6. The molecule has 218 valence electrons. The third-order valence-electron chi connectivity index (χ3n) is 9.22. The van der Waals surface area contributed by atoms with E-state index < -0.39 is 0 Å². The summed E-state index contributed by atoms with van der Waals surface area (Å²) in [6.07, 6.45) is 3.31. The second-order valence-corrected chi connectivity index (χ2v) is 11.7. The predicted octanol–water partition coefficient (Wildman–Crippen LogP) is 4.03. The highest BCUT2D eigenvalue weighted by atomic mass is 16.5. The number of benzene rings is 2. The average molecular weight is 566 g/mol. The number of carbonyl (C=O) groups excluding carboxylic acids is 1. The molecule has 3 aliphatic heterocycles. The number of nitrogens with zero attached hydrogens (tertiary/aromatic N) is 7. The highest BCUT2D eigenvalue weighted by Crippen LogP contribution is 2.35. The largest absolute Gasteiger partial charge is 0.462 e. The summed E-state index contributed by atoms with van der Waals surface area (Å²) < 4.78 is 6.36. The molecule has 3 atom stereocenters. The predicted molar refractivity (Wildman–Crippen MR) is 166 cm³/mol. The van der Waals surface area contributed by atoms with Gasteiger partial charge in [-0.1, -0.05) is 49.9 Å². The van der Waals surface area contributed by atoms with Gasteiger partial charge in [-0.2, -0.15) is 9.97 Å². The zero-order chi connectivity index (χ0) is 29.2. The van der Waals surface area contributed by atoms with E-state index in [-0.39, 0.29) is 18.5 Å². The van der Waals surface area contributed by atoms with Crippen LogP contribution in [0.5, 0.6) is 6.01 Å². The van der Waals surface area contributed by atoms with Crippen molar-refractivity contribution in [1.29, 1.82) is 0 Å². The molecule has 9 heteroatoms. The van der Waals surface area contributed by atoms with E-state index in [0.29, 0.717) is 50.8 Å². The number of aromatic nitrogens is 2. The van der Waals surface area contributed by atoms with Crippen molar-refractivity contribution in [2.45, 2.75) is 38.4 Å². The minimum atomic E-state index is -0.222. The summed E-state index contributed by atoms with van der Waals surface area (Å²) in [5.41, 5.74) is 3.32. The van der Waals surface area contributed by atoms with Crippen molar-refractivity contribution in [3.05, 3.63) is 77.8 Å². The summed E-state index contributed by atoms with van der Waals surface area (Å²) in [7, 11) is 2.15. The van der Waals surface area contributed by atoms with E-state index >= 15 is 0 Å². The smallest absolute Gasteiger partial charge is 0.318 e. The van der Waals surface area contributed by atoms with Crippen LogP contribution in [0, 0.1) is 12.5 Å². The monoisotopic (exact) mass is 565 g/mol.